The van der Waals surface area contributed by atoms with E-state index in [1.807, 2.05) is 24.3 Å². The summed E-state index contributed by atoms with van der Waals surface area (Å²) in [5, 5.41) is 16.8. The topological polar surface area (TPSA) is 75.8 Å². The molecule has 166 valence electrons. The van der Waals surface area contributed by atoms with E-state index in [-0.39, 0.29) is 18.8 Å². The number of rotatable bonds is 6. The van der Waals surface area contributed by atoms with Crippen molar-refractivity contribution in [2.24, 2.45) is 0 Å². The molecule has 1 saturated heterocycles. The fourth-order valence-electron chi connectivity index (χ4n) is 3.88. The molecule has 0 atom stereocenters. The molecule has 7 nitrogen and oxygen atoms in total. The highest BCUT2D eigenvalue weighted by molar-refractivity contribution is 5.32. The highest BCUT2D eigenvalue weighted by atomic mass is 16.5. The van der Waals surface area contributed by atoms with Gasteiger partial charge in [0.2, 0.25) is 0 Å². The fraction of sp³-hybridized carbons (Fsp3) is 0.320. The van der Waals surface area contributed by atoms with Gasteiger partial charge in [-0.25, -0.2) is 4.98 Å². The Labute approximate surface area is 188 Å². The lowest BCUT2D eigenvalue weighted by atomic mass is 10.00. The molecular formula is C25H29N5O2. The predicted molar refractivity (Wildman–Crippen MR) is 123 cm³/mol. The third kappa shape index (κ3) is 5.97. The maximum atomic E-state index is 9.05. The number of β-amino-alcohol motifs (C(OH)–C–C–N with tert-alkyl or cyclic N) is 1. The Morgan fingerprint density at radius 2 is 1.53 bits per heavy atom. The van der Waals surface area contributed by atoms with Crippen molar-refractivity contribution >= 4 is 5.65 Å². The zero-order valence-electron chi connectivity index (χ0n) is 18.1. The predicted octanol–water partition coefficient (Wildman–Crippen LogP) is 3.37. The van der Waals surface area contributed by atoms with Gasteiger partial charge < -0.3 is 14.7 Å². The Bertz CT molecular complexity index is 980. The zero-order chi connectivity index (χ0) is 22.0. The van der Waals surface area contributed by atoms with Crippen molar-refractivity contribution in [3.8, 4) is 0 Å². The molecule has 2 aromatic heterocycles. The van der Waals surface area contributed by atoms with Crippen LogP contribution in [-0.4, -0.2) is 62.2 Å². The van der Waals surface area contributed by atoms with Crippen molar-refractivity contribution in [3.05, 3.63) is 96.4 Å². The van der Waals surface area contributed by atoms with E-state index in [0.717, 1.165) is 38.1 Å². The number of aliphatic hydroxyl groups is 1. The van der Waals surface area contributed by atoms with Crippen LogP contribution in [0.5, 0.6) is 0 Å². The number of fused-ring (bicyclic) bond motifs is 1. The standard InChI is InChI=1S/C20H25NO2.C5H4N4/c22-16-15-21-13-11-19(12-14-21)23-20(17-7-3-1-4-8-17)18-9-5-2-6-10-18;1-2-5-6-4-8-9(5)7-3-1/h1-10,19-20,22H,11-16H2;1-4H. The molecule has 7 heteroatoms. The first-order valence-corrected chi connectivity index (χ1v) is 11.0. The van der Waals surface area contributed by atoms with E-state index < -0.39 is 0 Å². The summed E-state index contributed by atoms with van der Waals surface area (Å²) in [6.07, 6.45) is 5.46. The van der Waals surface area contributed by atoms with Gasteiger partial charge in [0, 0.05) is 25.8 Å². The van der Waals surface area contributed by atoms with Crippen LogP contribution < -0.4 is 0 Å². The maximum Gasteiger partial charge on any atom is 0.175 e. The SMILES string of the molecule is OCCN1CCC(OC(c2ccccc2)c2ccccc2)CC1.c1cnn2ncnc2c1. The summed E-state index contributed by atoms with van der Waals surface area (Å²) >= 11 is 0. The van der Waals surface area contributed by atoms with E-state index in [1.54, 1.807) is 6.20 Å². The average Bonchev–Trinajstić information content (AvgIpc) is 3.34. The van der Waals surface area contributed by atoms with E-state index in [9.17, 15) is 0 Å². The van der Waals surface area contributed by atoms with Crippen LogP contribution >= 0.6 is 0 Å². The summed E-state index contributed by atoms with van der Waals surface area (Å²) in [5.41, 5.74) is 3.19. The second kappa shape index (κ2) is 11.5. The molecule has 4 aromatic rings. The maximum absolute atomic E-state index is 9.05. The Balaban J connectivity index is 0.000000225. The molecule has 3 heterocycles. The molecule has 0 aliphatic carbocycles. The Morgan fingerprint density at radius 1 is 0.875 bits per heavy atom. The number of ether oxygens (including phenoxy) is 1. The van der Waals surface area contributed by atoms with Crippen LogP contribution in [0.3, 0.4) is 0 Å². The van der Waals surface area contributed by atoms with Gasteiger partial charge in [0.1, 0.15) is 12.4 Å². The number of nitrogens with zero attached hydrogens (tertiary/aromatic N) is 5. The van der Waals surface area contributed by atoms with Gasteiger partial charge in [-0.1, -0.05) is 60.7 Å². The molecular weight excluding hydrogens is 402 g/mol. The molecule has 0 saturated carbocycles. The van der Waals surface area contributed by atoms with Gasteiger partial charge in [-0.15, -0.1) is 9.73 Å². The minimum atomic E-state index is -0.00760. The molecule has 1 N–H and O–H groups in total. The highest BCUT2D eigenvalue weighted by Gasteiger charge is 2.24. The molecule has 2 aromatic carbocycles. The van der Waals surface area contributed by atoms with E-state index in [0.29, 0.717) is 0 Å². The summed E-state index contributed by atoms with van der Waals surface area (Å²) in [6, 6.07) is 24.6. The van der Waals surface area contributed by atoms with Gasteiger partial charge >= 0.3 is 0 Å². The van der Waals surface area contributed by atoms with Crippen LogP contribution in [0, 0.1) is 0 Å². The summed E-state index contributed by atoms with van der Waals surface area (Å²) < 4.78 is 7.97. The van der Waals surface area contributed by atoms with E-state index in [2.05, 4.69) is 68.6 Å². The summed E-state index contributed by atoms with van der Waals surface area (Å²) in [6.45, 7) is 3.01. The van der Waals surface area contributed by atoms with Crippen LogP contribution in [0.15, 0.2) is 85.3 Å². The van der Waals surface area contributed by atoms with Crippen LogP contribution in [0.25, 0.3) is 5.65 Å². The third-order valence-corrected chi connectivity index (χ3v) is 5.55. The molecule has 32 heavy (non-hydrogen) atoms. The smallest absolute Gasteiger partial charge is 0.175 e. The van der Waals surface area contributed by atoms with Crippen molar-refractivity contribution in [1.29, 1.82) is 0 Å². The molecule has 0 bridgehead atoms. The number of piperidine rings is 1. The largest absolute Gasteiger partial charge is 0.395 e. The number of hydrogen-bond donors (Lipinski definition) is 1. The van der Waals surface area contributed by atoms with Gasteiger partial charge in [-0.05, 0) is 36.1 Å². The quantitative estimate of drug-likeness (QED) is 0.504. The number of aromatic nitrogens is 4. The lowest BCUT2D eigenvalue weighted by Crippen LogP contribution is -2.39. The van der Waals surface area contributed by atoms with Crippen LogP contribution in [0.1, 0.15) is 30.1 Å². The van der Waals surface area contributed by atoms with Crippen molar-refractivity contribution in [2.75, 3.05) is 26.2 Å². The Morgan fingerprint density at radius 3 is 2.12 bits per heavy atom. The number of aliphatic hydroxyl groups excluding tert-OH is 1. The van der Waals surface area contributed by atoms with Gasteiger partial charge in [0.15, 0.2) is 5.65 Å². The second-order valence-electron chi connectivity index (χ2n) is 7.73. The lowest BCUT2D eigenvalue weighted by Gasteiger charge is -2.33. The van der Waals surface area contributed by atoms with E-state index >= 15 is 0 Å². The lowest BCUT2D eigenvalue weighted by molar-refractivity contribution is -0.0285. The number of benzene rings is 2. The van der Waals surface area contributed by atoms with Crippen molar-refractivity contribution < 1.29 is 9.84 Å². The molecule has 0 unspecified atom stereocenters. The fourth-order valence-corrected chi connectivity index (χ4v) is 3.88. The summed E-state index contributed by atoms with van der Waals surface area (Å²) in [5.74, 6) is 0. The van der Waals surface area contributed by atoms with Crippen molar-refractivity contribution in [3.63, 3.8) is 0 Å². The minimum Gasteiger partial charge on any atom is -0.395 e. The van der Waals surface area contributed by atoms with Crippen molar-refractivity contribution in [2.45, 2.75) is 25.0 Å². The van der Waals surface area contributed by atoms with Gasteiger partial charge in [0.25, 0.3) is 0 Å². The minimum absolute atomic E-state index is 0.00760. The third-order valence-electron chi connectivity index (χ3n) is 5.55. The number of likely N-dealkylation sites (tertiary alicyclic amines) is 1. The molecule has 1 aliphatic rings. The first kappa shape index (κ1) is 22.1. The monoisotopic (exact) mass is 431 g/mol. The molecule has 0 spiro atoms. The van der Waals surface area contributed by atoms with Gasteiger partial charge in [-0.3, -0.25) is 0 Å². The molecule has 1 aliphatic heterocycles. The summed E-state index contributed by atoms with van der Waals surface area (Å²) in [7, 11) is 0. The first-order valence-electron chi connectivity index (χ1n) is 11.0. The van der Waals surface area contributed by atoms with Gasteiger partial charge in [-0.2, -0.15) is 5.10 Å². The molecule has 1 fully saturated rings. The van der Waals surface area contributed by atoms with E-state index in [1.165, 1.54) is 22.1 Å². The highest BCUT2D eigenvalue weighted by Crippen LogP contribution is 2.29. The van der Waals surface area contributed by atoms with Crippen LogP contribution in [0.2, 0.25) is 0 Å². The zero-order valence-corrected chi connectivity index (χ0v) is 18.1. The summed E-state index contributed by atoms with van der Waals surface area (Å²) in [4.78, 5) is 6.21. The first-order chi connectivity index (χ1) is 15.8. The Kier molecular flexibility index (Phi) is 7.92. The van der Waals surface area contributed by atoms with Crippen LogP contribution in [-0.2, 0) is 4.74 Å². The molecule has 0 radical (unpaired) electrons. The van der Waals surface area contributed by atoms with Crippen LogP contribution in [0.4, 0.5) is 0 Å². The normalized spacial score (nSPS) is 14.9. The number of hydrogen-bond acceptors (Lipinski definition) is 6. The molecule has 0 amide bonds. The second-order valence-corrected chi connectivity index (χ2v) is 7.73. The van der Waals surface area contributed by atoms with Gasteiger partial charge in [0.05, 0.1) is 12.7 Å². The molecule has 5 rings (SSSR count). The van der Waals surface area contributed by atoms with Crippen molar-refractivity contribution in [1.82, 2.24) is 24.7 Å². The average molecular weight is 432 g/mol. The Hall–Kier alpha value is -3.13. The van der Waals surface area contributed by atoms with E-state index in [4.69, 9.17) is 9.84 Å².